The molecular weight excluding hydrogens is 376 g/mol. The summed E-state index contributed by atoms with van der Waals surface area (Å²) in [5.74, 6) is -0.700. The van der Waals surface area contributed by atoms with E-state index < -0.39 is 11.4 Å². The van der Waals surface area contributed by atoms with Crippen LogP contribution in [-0.4, -0.2) is 23.1 Å². The van der Waals surface area contributed by atoms with E-state index in [0.717, 1.165) is 77.0 Å². The van der Waals surface area contributed by atoms with Crippen molar-refractivity contribution >= 4 is 12.4 Å². The summed E-state index contributed by atoms with van der Waals surface area (Å²) in [6, 6.07) is 4.70. The van der Waals surface area contributed by atoms with Gasteiger partial charge in [-0.05, 0) is 108 Å². The van der Waals surface area contributed by atoms with E-state index in [1.165, 1.54) is 22.3 Å². The predicted molar refractivity (Wildman–Crippen MR) is 121 cm³/mol. The van der Waals surface area contributed by atoms with Gasteiger partial charge in [0, 0.05) is 0 Å². The molecule has 0 saturated heterocycles. The Labute approximate surface area is 182 Å². The summed E-state index contributed by atoms with van der Waals surface area (Å²) < 4.78 is 5.25. The number of carboxylic acid groups (broad SMARTS) is 1. The van der Waals surface area contributed by atoms with E-state index in [1.807, 2.05) is 13.8 Å². The van der Waals surface area contributed by atoms with Gasteiger partial charge in [-0.2, -0.15) is 0 Å². The van der Waals surface area contributed by atoms with Crippen LogP contribution in [0, 0.1) is 19.3 Å². The lowest BCUT2D eigenvalue weighted by Gasteiger charge is -2.18. The lowest BCUT2D eigenvalue weighted by Crippen LogP contribution is -2.23. The Morgan fingerprint density at radius 2 is 1.73 bits per heavy atom. The lowest BCUT2D eigenvalue weighted by atomic mass is 9.87. The van der Waals surface area contributed by atoms with Crippen molar-refractivity contribution in [3.05, 3.63) is 34.4 Å². The van der Waals surface area contributed by atoms with E-state index in [2.05, 4.69) is 26.0 Å². The number of ether oxygens (including phenoxy) is 1. The zero-order valence-electron chi connectivity index (χ0n) is 19.4. The minimum Gasteiger partial charge on any atom is -0.481 e. The highest BCUT2D eigenvalue weighted by Gasteiger charge is 2.44. The number of carbonyl (C=O) groups is 2. The molecule has 1 aliphatic carbocycles. The fraction of sp³-hybridized carbons (Fsp3) is 0.692. The number of hydrogen-bond donors (Lipinski definition) is 1. The van der Waals surface area contributed by atoms with Crippen molar-refractivity contribution < 1.29 is 19.4 Å². The largest absolute Gasteiger partial charge is 0.481 e. The van der Waals surface area contributed by atoms with E-state index in [0.29, 0.717) is 6.47 Å². The molecule has 0 atom stereocenters. The van der Waals surface area contributed by atoms with Gasteiger partial charge in [0.15, 0.2) is 0 Å². The summed E-state index contributed by atoms with van der Waals surface area (Å²) in [5.41, 5.74) is 4.90. The van der Waals surface area contributed by atoms with Gasteiger partial charge in [-0.25, -0.2) is 0 Å². The van der Waals surface area contributed by atoms with Gasteiger partial charge in [0.25, 0.3) is 6.47 Å². The maximum Gasteiger partial charge on any atom is 0.309 e. The SMILES string of the molecule is Cc1cc(CCCCCCC(C)(C)C(=O)O)cc(CCCCC2(OC=O)CC2)c1C. The van der Waals surface area contributed by atoms with Gasteiger partial charge in [-0.3, -0.25) is 9.59 Å². The van der Waals surface area contributed by atoms with E-state index in [1.54, 1.807) is 0 Å². The van der Waals surface area contributed by atoms with Crippen LogP contribution in [-0.2, 0) is 27.2 Å². The summed E-state index contributed by atoms with van der Waals surface area (Å²) in [5, 5.41) is 9.19. The van der Waals surface area contributed by atoms with Crippen LogP contribution in [0.5, 0.6) is 0 Å². The molecule has 168 valence electrons. The molecule has 1 aromatic carbocycles. The van der Waals surface area contributed by atoms with Crippen LogP contribution in [0.15, 0.2) is 12.1 Å². The van der Waals surface area contributed by atoms with Gasteiger partial charge < -0.3 is 9.84 Å². The molecular formula is C26H40O4. The molecule has 1 N–H and O–H groups in total. The van der Waals surface area contributed by atoms with Gasteiger partial charge in [0.1, 0.15) is 5.60 Å². The molecule has 2 rings (SSSR count). The summed E-state index contributed by atoms with van der Waals surface area (Å²) in [6.45, 7) is 8.65. The Morgan fingerprint density at radius 1 is 1.07 bits per heavy atom. The lowest BCUT2D eigenvalue weighted by molar-refractivity contribution is -0.147. The smallest absolute Gasteiger partial charge is 0.309 e. The van der Waals surface area contributed by atoms with Crippen molar-refractivity contribution in [2.24, 2.45) is 5.41 Å². The number of aliphatic carboxylic acids is 1. The molecule has 30 heavy (non-hydrogen) atoms. The quantitative estimate of drug-likeness (QED) is 0.268. The fourth-order valence-electron chi connectivity index (χ4n) is 4.20. The van der Waals surface area contributed by atoms with E-state index >= 15 is 0 Å². The molecule has 0 unspecified atom stereocenters. The summed E-state index contributed by atoms with van der Waals surface area (Å²) in [4.78, 5) is 21.8. The first kappa shape index (κ1) is 24.4. The maximum absolute atomic E-state index is 11.2. The number of carboxylic acids is 1. The molecule has 0 aromatic heterocycles. The van der Waals surface area contributed by atoms with Crippen LogP contribution in [0.3, 0.4) is 0 Å². The van der Waals surface area contributed by atoms with Crippen molar-refractivity contribution in [2.75, 3.05) is 0 Å². The number of carbonyl (C=O) groups excluding carboxylic acids is 1. The molecule has 1 aliphatic rings. The Bertz CT molecular complexity index is 716. The first-order chi connectivity index (χ1) is 14.2. The average Bonchev–Trinajstić information content (AvgIpc) is 3.45. The van der Waals surface area contributed by atoms with Crippen molar-refractivity contribution in [3.8, 4) is 0 Å². The number of unbranched alkanes of at least 4 members (excludes halogenated alkanes) is 4. The molecule has 0 spiro atoms. The molecule has 1 aromatic rings. The Hall–Kier alpha value is -1.84. The topological polar surface area (TPSA) is 63.6 Å². The molecule has 1 fully saturated rings. The molecule has 0 heterocycles. The highest BCUT2D eigenvalue weighted by Crippen LogP contribution is 2.43. The third-order valence-electron chi connectivity index (χ3n) is 6.87. The second-order valence-electron chi connectivity index (χ2n) is 9.90. The van der Waals surface area contributed by atoms with Crippen LogP contribution >= 0.6 is 0 Å². The van der Waals surface area contributed by atoms with E-state index in [-0.39, 0.29) is 5.60 Å². The van der Waals surface area contributed by atoms with Crippen LogP contribution < -0.4 is 0 Å². The second kappa shape index (κ2) is 11.0. The Balaban J connectivity index is 1.73. The van der Waals surface area contributed by atoms with Gasteiger partial charge in [-0.1, -0.05) is 31.4 Å². The Morgan fingerprint density at radius 3 is 2.37 bits per heavy atom. The zero-order valence-corrected chi connectivity index (χ0v) is 19.4. The highest BCUT2D eigenvalue weighted by molar-refractivity contribution is 5.73. The third kappa shape index (κ3) is 7.45. The maximum atomic E-state index is 11.2. The van der Waals surface area contributed by atoms with Crippen LogP contribution in [0.4, 0.5) is 0 Å². The average molecular weight is 417 g/mol. The highest BCUT2D eigenvalue weighted by atomic mass is 16.5. The normalized spacial score (nSPS) is 15.1. The van der Waals surface area contributed by atoms with Crippen molar-refractivity contribution in [1.29, 1.82) is 0 Å². The monoisotopic (exact) mass is 416 g/mol. The van der Waals surface area contributed by atoms with Gasteiger partial charge in [-0.15, -0.1) is 0 Å². The first-order valence-corrected chi connectivity index (χ1v) is 11.6. The predicted octanol–water partition coefficient (Wildman–Crippen LogP) is 6.33. The van der Waals surface area contributed by atoms with Crippen LogP contribution in [0.2, 0.25) is 0 Å². The van der Waals surface area contributed by atoms with Crippen LogP contribution in [0.25, 0.3) is 0 Å². The molecule has 0 aliphatic heterocycles. The van der Waals surface area contributed by atoms with Gasteiger partial charge in [0.2, 0.25) is 0 Å². The number of rotatable bonds is 15. The number of benzene rings is 1. The van der Waals surface area contributed by atoms with Crippen LogP contribution in [0.1, 0.15) is 100 Å². The van der Waals surface area contributed by atoms with E-state index in [9.17, 15) is 14.7 Å². The van der Waals surface area contributed by atoms with Crippen molar-refractivity contribution in [1.82, 2.24) is 0 Å². The molecule has 4 nitrogen and oxygen atoms in total. The van der Waals surface area contributed by atoms with Crippen molar-refractivity contribution in [3.63, 3.8) is 0 Å². The second-order valence-corrected chi connectivity index (χ2v) is 9.90. The zero-order chi connectivity index (χ0) is 22.2. The minimum absolute atomic E-state index is 0.131. The molecule has 0 amide bonds. The van der Waals surface area contributed by atoms with Gasteiger partial charge >= 0.3 is 5.97 Å². The molecule has 0 radical (unpaired) electrons. The fourth-order valence-corrected chi connectivity index (χ4v) is 4.20. The van der Waals surface area contributed by atoms with Crippen molar-refractivity contribution in [2.45, 2.75) is 110 Å². The summed E-state index contributed by atoms with van der Waals surface area (Å²) in [7, 11) is 0. The first-order valence-electron chi connectivity index (χ1n) is 11.6. The number of aryl methyl sites for hydroxylation is 3. The molecule has 4 heteroatoms. The standard InChI is InChI=1S/C26H40O4/c1-20-17-22(11-7-5-6-9-13-25(3,4)24(28)29)18-23(21(20)2)12-8-10-14-26(15-16-26)30-19-27/h17-19H,5-16H2,1-4H3,(H,28,29). The summed E-state index contributed by atoms with van der Waals surface area (Å²) in [6.07, 6.45) is 12.6. The van der Waals surface area contributed by atoms with E-state index in [4.69, 9.17) is 4.74 Å². The minimum atomic E-state index is -0.700. The molecule has 1 saturated carbocycles. The molecule has 0 bridgehead atoms. The summed E-state index contributed by atoms with van der Waals surface area (Å²) >= 11 is 0. The Kier molecular flexibility index (Phi) is 8.93. The van der Waals surface area contributed by atoms with Gasteiger partial charge in [0.05, 0.1) is 5.41 Å². The number of hydrogen-bond acceptors (Lipinski definition) is 3. The third-order valence-corrected chi connectivity index (χ3v) is 6.87.